The number of carbonyl (C=O) groups is 1. The number of hydrogen-bond donors (Lipinski definition) is 2. The number of anilines is 1. The fraction of sp³-hybridized carbons (Fsp3) is 0.0625. The first kappa shape index (κ1) is 13.8. The molecule has 2 aromatic heterocycles. The largest absolute Gasteiger partial charge is 0.497 e. The summed E-state index contributed by atoms with van der Waals surface area (Å²) >= 11 is 0. The van der Waals surface area contributed by atoms with Gasteiger partial charge in [0.1, 0.15) is 11.4 Å². The number of hydrogen-bond acceptors (Lipinski definition) is 4. The van der Waals surface area contributed by atoms with Crippen LogP contribution in [-0.2, 0) is 0 Å². The molecule has 0 atom stereocenters. The van der Waals surface area contributed by atoms with E-state index in [1.807, 2.05) is 24.3 Å². The van der Waals surface area contributed by atoms with Gasteiger partial charge in [0.25, 0.3) is 5.91 Å². The normalized spacial score (nSPS) is 10.2. The monoisotopic (exact) mass is 294 g/mol. The lowest BCUT2D eigenvalue weighted by atomic mass is 10.1. The minimum Gasteiger partial charge on any atom is -0.497 e. The van der Waals surface area contributed by atoms with E-state index in [0.717, 1.165) is 11.3 Å². The highest BCUT2D eigenvalue weighted by molar-refractivity contribution is 6.03. The van der Waals surface area contributed by atoms with E-state index >= 15 is 0 Å². The summed E-state index contributed by atoms with van der Waals surface area (Å²) in [5, 5.41) is 2.82. The molecule has 0 fully saturated rings. The van der Waals surface area contributed by atoms with Crippen LogP contribution in [-0.4, -0.2) is 28.0 Å². The van der Waals surface area contributed by atoms with Gasteiger partial charge in [-0.05, 0) is 18.2 Å². The molecule has 0 saturated heterocycles. The molecule has 3 rings (SSSR count). The highest BCUT2D eigenvalue weighted by atomic mass is 16.5. The summed E-state index contributed by atoms with van der Waals surface area (Å²) in [5.74, 6) is 0.298. The van der Waals surface area contributed by atoms with E-state index in [4.69, 9.17) is 4.74 Å². The summed E-state index contributed by atoms with van der Waals surface area (Å²) < 4.78 is 5.09. The molecule has 0 spiro atoms. The Labute approximate surface area is 127 Å². The topological polar surface area (TPSA) is 79.9 Å². The Kier molecular flexibility index (Phi) is 3.82. The van der Waals surface area contributed by atoms with E-state index in [0.29, 0.717) is 17.1 Å². The number of aromatic amines is 1. The number of imidazole rings is 1. The molecule has 2 heterocycles. The van der Waals surface area contributed by atoms with E-state index in [9.17, 15) is 4.79 Å². The molecule has 0 saturated carbocycles. The smallest absolute Gasteiger partial charge is 0.274 e. The quantitative estimate of drug-likeness (QED) is 0.775. The third kappa shape index (κ3) is 2.95. The lowest BCUT2D eigenvalue weighted by Gasteiger charge is -2.07. The molecule has 22 heavy (non-hydrogen) atoms. The number of amides is 1. The molecule has 0 unspecified atom stereocenters. The van der Waals surface area contributed by atoms with Crippen molar-refractivity contribution < 1.29 is 9.53 Å². The first-order valence-corrected chi connectivity index (χ1v) is 6.66. The van der Waals surface area contributed by atoms with Crippen LogP contribution in [0.2, 0.25) is 0 Å². The Morgan fingerprint density at radius 1 is 1.27 bits per heavy atom. The van der Waals surface area contributed by atoms with Gasteiger partial charge in [0.15, 0.2) is 0 Å². The molecule has 0 aliphatic carbocycles. The lowest BCUT2D eigenvalue weighted by Crippen LogP contribution is -2.13. The van der Waals surface area contributed by atoms with E-state index < -0.39 is 0 Å². The summed E-state index contributed by atoms with van der Waals surface area (Å²) in [7, 11) is 1.55. The van der Waals surface area contributed by atoms with Crippen molar-refractivity contribution >= 4 is 11.6 Å². The molecule has 2 N–H and O–H groups in total. The molecule has 1 aromatic carbocycles. The zero-order chi connectivity index (χ0) is 15.4. The Bertz CT molecular complexity index is 784. The van der Waals surface area contributed by atoms with Gasteiger partial charge < -0.3 is 15.0 Å². The van der Waals surface area contributed by atoms with Crippen LogP contribution in [0.4, 0.5) is 5.69 Å². The maximum absolute atomic E-state index is 12.2. The van der Waals surface area contributed by atoms with Gasteiger partial charge in [-0.25, -0.2) is 4.98 Å². The number of nitrogens with zero attached hydrogens (tertiary/aromatic N) is 2. The molecular weight excluding hydrogens is 280 g/mol. The lowest BCUT2D eigenvalue weighted by molar-refractivity contribution is 0.102. The molecule has 0 aliphatic rings. The second kappa shape index (κ2) is 6.09. The zero-order valence-electron chi connectivity index (χ0n) is 11.9. The molecular formula is C16H14N4O2. The van der Waals surface area contributed by atoms with E-state index in [-0.39, 0.29) is 5.91 Å². The zero-order valence-corrected chi connectivity index (χ0v) is 11.9. The van der Waals surface area contributed by atoms with Gasteiger partial charge in [-0.15, -0.1) is 0 Å². The number of methoxy groups -OCH3 is 1. The number of aromatic nitrogens is 3. The van der Waals surface area contributed by atoms with Crippen LogP contribution in [0.25, 0.3) is 11.3 Å². The Hall–Kier alpha value is -3.15. The molecule has 0 radical (unpaired) electrons. The predicted octanol–water partition coefficient (Wildman–Crippen LogP) is 2.73. The van der Waals surface area contributed by atoms with E-state index in [2.05, 4.69) is 20.3 Å². The number of H-pyrrole nitrogens is 1. The van der Waals surface area contributed by atoms with Crippen molar-refractivity contribution in [3.8, 4) is 17.0 Å². The third-order valence-electron chi connectivity index (χ3n) is 3.13. The Balaban J connectivity index is 1.80. The standard InChI is InChI=1S/C16H14N4O2/c1-22-13-5-6-18-14(8-13)16(21)20-12-4-2-3-11(7-12)15-9-17-10-19-15/h2-10H,1H3,(H,17,19)(H,20,21). The van der Waals surface area contributed by atoms with Crippen LogP contribution in [0.3, 0.4) is 0 Å². The van der Waals surface area contributed by atoms with E-state index in [1.165, 1.54) is 6.20 Å². The van der Waals surface area contributed by atoms with Crippen LogP contribution in [0, 0.1) is 0 Å². The van der Waals surface area contributed by atoms with Crippen LogP contribution in [0.1, 0.15) is 10.5 Å². The summed E-state index contributed by atoms with van der Waals surface area (Å²) in [4.78, 5) is 23.3. The van der Waals surface area contributed by atoms with Gasteiger partial charge in [-0.2, -0.15) is 0 Å². The average molecular weight is 294 g/mol. The van der Waals surface area contributed by atoms with Gasteiger partial charge in [-0.3, -0.25) is 9.78 Å². The molecule has 3 aromatic rings. The average Bonchev–Trinajstić information content (AvgIpc) is 3.10. The van der Waals surface area contributed by atoms with Crippen molar-refractivity contribution in [2.24, 2.45) is 0 Å². The summed E-state index contributed by atoms with van der Waals surface area (Å²) in [6.45, 7) is 0. The Morgan fingerprint density at radius 2 is 2.18 bits per heavy atom. The molecule has 1 amide bonds. The van der Waals surface area contributed by atoms with Crippen LogP contribution < -0.4 is 10.1 Å². The fourth-order valence-corrected chi connectivity index (χ4v) is 2.04. The first-order valence-electron chi connectivity index (χ1n) is 6.66. The van der Waals surface area contributed by atoms with Crippen LogP contribution in [0.5, 0.6) is 5.75 Å². The summed E-state index contributed by atoms with van der Waals surface area (Å²) in [5.41, 5.74) is 2.80. The maximum atomic E-state index is 12.2. The van der Waals surface area contributed by atoms with Crippen molar-refractivity contribution in [2.45, 2.75) is 0 Å². The summed E-state index contributed by atoms with van der Waals surface area (Å²) in [6.07, 6.45) is 4.88. The summed E-state index contributed by atoms with van der Waals surface area (Å²) in [6, 6.07) is 10.8. The van der Waals surface area contributed by atoms with Crippen molar-refractivity contribution in [1.82, 2.24) is 15.0 Å². The van der Waals surface area contributed by atoms with Crippen molar-refractivity contribution in [3.63, 3.8) is 0 Å². The van der Waals surface area contributed by atoms with Crippen molar-refractivity contribution in [3.05, 3.63) is 60.8 Å². The highest BCUT2D eigenvalue weighted by Crippen LogP contribution is 2.20. The fourth-order valence-electron chi connectivity index (χ4n) is 2.04. The van der Waals surface area contributed by atoms with Gasteiger partial charge in [0.05, 0.1) is 25.3 Å². The molecule has 0 bridgehead atoms. The third-order valence-corrected chi connectivity index (χ3v) is 3.13. The number of benzene rings is 1. The molecule has 6 heteroatoms. The first-order chi connectivity index (χ1) is 10.8. The van der Waals surface area contributed by atoms with Crippen molar-refractivity contribution in [1.29, 1.82) is 0 Å². The van der Waals surface area contributed by atoms with Gasteiger partial charge in [0, 0.05) is 23.5 Å². The predicted molar refractivity (Wildman–Crippen MR) is 82.8 cm³/mol. The highest BCUT2D eigenvalue weighted by Gasteiger charge is 2.09. The maximum Gasteiger partial charge on any atom is 0.274 e. The number of pyridine rings is 1. The molecule has 0 aliphatic heterocycles. The minimum atomic E-state index is -0.291. The molecule has 6 nitrogen and oxygen atoms in total. The van der Waals surface area contributed by atoms with Gasteiger partial charge >= 0.3 is 0 Å². The second-order valence-electron chi connectivity index (χ2n) is 4.58. The second-order valence-corrected chi connectivity index (χ2v) is 4.58. The van der Waals surface area contributed by atoms with Gasteiger partial charge in [-0.1, -0.05) is 12.1 Å². The van der Waals surface area contributed by atoms with Crippen LogP contribution in [0.15, 0.2) is 55.1 Å². The minimum absolute atomic E-state index is 0.291. The van der Waals surface area contributed by atoms with Crippen LogP contribution >= 0.6 is 0 Å². The Morgan fingerprint density at radius 3 is 2.95 bits per heavy atom. The number of ether oxygens (including phenoxy) is 1. The molecule has 110 valence electrons. The van der Waals surface area contributed by atoms with Gasteiger partial charge in [0.2, 0.25) is 0 Å². The van der Waals surface area contributed by atoms with E-state index in [1.54, 1.807) is 31.8 Å². The van der Waals surface area contributed by atoms with Crippen molar-refractivity contribution in [2.75, 3.05) is 12.4 Å². The SMILES string of the molecule is COc1ccnc(C(=O)Nc2cccc(-c3cnc[nH]3)c2)c1. The number of nitrogens with one attached hydrogen (secondary N) is 2. The number of rotatable bonds is 4. The number of carbonyl (C=O) groups excluding carboxylic acids is 1.